The minimum atomic E-state index is 0.286. The first-order chi connectivity index (χ1) is 20.5. The lowest BCUT2D eigenvalue weighted by atomic mass is 9.89. The van der Waals surface area contributed by atoms with Crippen LogP contribution in [0.25, 0.3) is 0 Å². The van der Waals surface area contributed by atoms with E-state index in [1.807, 2.05) is 30.3 Å². The van der Waals surface area contributed by atoms with E-state index in [9.17, 15) is 4.79 Å². The fourth-order valence-electron chi connectivity index (χ4n) is 8.73. The topological polar surface area (TPSA) is 50.9 Å². The molecule has 5 rings (SSSR count). The molecule has 2 N–H and O–H groups in total. The Morgan fingerprint density at radius 3 is 1.47 bits per heavy atom. The summed E-state index contributed by atoms with van der Waals surface area (Å²) < 4.78 is 0. The SMILES string of the molecule is CC(C)(C)CNCCCN1C2CCC1CC(N(C(=O)c1ccccc1)C1CC3CCC(C1)N3CCCNCC(C)(C)C)C2. The average Bonchev–Trinajstić information content (AvgIpc) is 3.32. The Morgan fingerprint density at radius 2 is 1.09 bits per heavy atom. The Hall–Kier alpha value is -1.47. The zero-order valence-corrected chi connectivity index (χ0v) is 28.4. The number of carbonyl (C=O) groups excluding carboxylic acids is 1. The van der Waals surface area contributed by atoms with Crippen molar-refractivity contribution in [3.63, 3.8) is 0 Å². The first-order valence-electron chi connectivity index (χ1n) is 17.8. The van der Waals surface area contributed by atoms with Gasteiger partial charge in [0.25, 0.3) is 5.91 Å². The van der Waals surface area contributed by atoms with Gasteiger partial charge in [-0.15, -0.1) is 0 Å². The van der Waals surface area contributed by atoms with Gasteiger partial charge in [-0.2, -0.15) is 0 Å². The molecule has 0 spiro atoms. The third kappa shape index (κ3) is 8.83. The molecule has 242 valence electrons. The van der Waals surface area contributed by atoms with Crippen LogP contribution in [0.15, 0.2) is 30.3 Å². The lowest BCUT2D eigenvalue weighted by molar-refractivity contribution is 0.00306. The van der Waals surface area contributed by atoms with Crippen LogP contribution in [-0.4, -0.2) is 96.1 Å². The van der Waals surface area contributed by atoms with Gasteiger partial charge in [0.2, 0.25) is 0 Å². The maximum atomic E-state index is 14.3. The first kappa shape index (κ1) is 32.9. The van der Waals surface area contributed by atoms with Gasteiger partial charge in [-0.25, -0.2) is 0 Å². The van der Waals surface area contributed by atoms with Gasteiger partial charge >= 0.3 is 0 Å². The lowest BCUT2D eigenvalue weighted by Crippen LogP contribution is -2.58. The predicted molar refractivity (Wildman–Crippen MR) is 180 cm³/mol. The van der Waals surface area contributed by atoms with Crippen LogP contribution in [0, 0.1) is 10.8 Å². The van der Waals surface area contributed by atoms with Gasteiger partial charge < -0.3 is 15.5 Å². The van der Waals surface area contributed by atoms with Crippen LogP contribution in [0.3, 0.4) is 0 Å². The molecule has 4 atom stereocenters. The van der Waals surface area contributed by atoms with E-state index in [-0.39, 0.29) is 5.91 Å². The van der Waals surface area contributed by atoms with Gasteiger partial charge in [0.1, 0.15) is 0 Å². The number of fused-ring (bicyclic) bond motifs is 4. The molecular formula is C37H63N5O. The van der Waals surface area contributed by atoms with Crippen LogP contribution in [0.5, 0.6) is 0 Å². The van der Waals surface area contributed by atoms with Gasteiger partial charge in [0.05, 0.1) is 0 Å². The molecule has 0 saturated carbocycles. The first-order valence-corrected chi connectivity index (χ1v) is 17.8. The van der Waals surface area contributed by atoms with Gasteiger partial charge in [0, 0.05) is 41.8 Å². The quantitative estimate of drug-likeness (QED) is 0.268. The monoisotopic (exact) mass is 594 g/mol. The molecule has 0 radical (unpaired) electrons. The Bertz CT molecular complexity index is 932. The van der Waals surface area contributed by atoms with Crippen molar-refractivity contribution in [3.05, 3.63) is 35.9 Å². The second kappa shape index (κ2) is 14.3. The van der Waals surface area contributed by atoms with Crippen LogP contribution in [-0.2, 0) is 0 Å². The van der Waals surface area contributed by atoms with Crippen LogP contribution in [0.2, 0.25) is 0 Å². The van der Waals surface area contributed by atoms with E-state index in [0.717, 1.165) is 57.4 Å². The van der Waals surface area contributed by atoms with Gasteiger partial charge in [0.15, 0.2) is 0 Å². The third-order valence-corrected chi connectivity index (χ3v) is 10.6. The molecular weight excluding hydrogens is 530 g/mol. The molecule has 1 aromatic rings. The van der Waals surface area contributed by atoms with Crippen LogP contribution < -0.4 is 10.6 Å². The number of nitrogens with one attached hydrogen (secondary N) is 2. The molecule has 1 amide bonds. The summed E-state index contributed by atoms with van der Waals surface area (Å²) in [6.07, 6.45) is 12.3. The summed E-state index contributed by atoms with van der Waals surface area (Å²) in [4.78, 5) is 22.4. The Morgan fingerprint density at radius 1 is 0.698 bits per heavy atom. The van der Waals surface area contributed by atoms with Crippen LogP contribution >= 0.6 is 0 Å². The third-order valence-electron chi connectivity index (χ3n) is 10.6. The molecule has 6 heteroatoms. The van der Waals surface area contributed by atoms with Crippen molar-refractivity contribution in [1.82, 2.24) is 25.3 Å². The molecule has 1 aromatic carbocycles. The highest BCUT2D eigenvalue weighted by molar-refractivity contribution is 5.94. The van der Waals surface area contributed by atoms with Gasteiger partial charge in [-0.05, 0) is 126 Å². The number of amides is 1. The summed E-state index contributed by atoms with van der Waals surface area (Å²) in [6.45, 7) is 20.5. The van der Waals surface area contributed by atoms with Crippen molar-refractivity contribution in [3.8, 4) is 0 Å². The maximum Gasteiger partial charge on any atom is 0.254 e. The summed E-state index contributed by atoms with van der Waals surface area (Å²) >= 11 is 0. The summed E-state index contributed by atoms with van der Waals surface area (Å²) in [6, 6.07) is 13.5. The van der Waals surface area contributed by atoms with E-state index < -0.39 is 0 Å². The van der Waals surface area contributed by atoms with E-state index in [1.165, 1.54) is 51.6 Å². The second-order valence-corrected chi connectivity index (χ2v) is 16.8. The summed E-state index contributed by atoms with van der Waals surface area (Å²) in [7, 11) is 0. The number of rotatable bonds is 13. The van der Waals surface area contributed by atoms with E-state index in [4.69, 9.17) is 0 Å². The highest BCUT2D eigenvalue weighted by atomic mass is 16.2. The summed E-state index contributed by atoms with van der Waals surface area (Å²) in [5.74, 6) is 0.286. The van der Waals surface area contributed by atoms with E-state index in [2.05, 4.69) is 66.9 Å². The van der Waals surface area contributed by atoms with Crippen molar-refractivity contribution in [1.29, 1.82) is 0 Å². The largest absolute Gasteiger partial charge is 0.332 e. The Balaban J connectivity index is 1.21. The zero-order valence-electron chi connectivity index (χ0n) is 28.4. The number of hydrogen-bond acceptors (Lipinski definition) is 5. The lowest BCUT2D eigenvalue weighted by Gasteiger charge is -2.49. The van der Waals surface area contributed by atoms with Gasteiger partial charge in [-0.3, -0.25) is 14.6 Å². The van der Waals surface area contributed by atoms with Crippen molar-refractivity contribution < 1.29 is 4.79 Å². The fraction of sp³-hybridized carbons (Fsp3) is 0.811. The number of piperidine rings is 2. The minimum Gasteiger partial charge on any atom is -0.332 e. The maximum absolute atomic E-state index is 14.3. The van der Waals surface area contributed by atoms with Crippen molar-refractivity contribution in [2.75, 3.05) is 39.3 Å². The molecule has 4 aliphatic heterocycles. The smallest absolute Gasteiger partial charge is 0.254 e. The zero-order chi connectivity index (χ0) is 30.6. The molecule has 0 aliphatic carbocycles. The molecule has 0 aromatic heterocycles. The molecule has 4 aliphatic rings. The summed E-state index contributed by atoms with van der Waals surface area (Å²) in [5.41, 5.74) is 1.55. The number of nitrogens with zero attached hydrogens (tertiary/aromatic N) is 3. The van der Waals surface area contributed by atoms with Crippen molar-refractivity contribution in [2.45, 2.75) is 142 Å². The molecule has 4 heterocycles. The van der Waals surface area contributed by atoms with E-state index in [0.29, 0.717) is 47.1 Å². The van der Waals surface area contributed by atoms with E-state index >= 15 is 0 Å². The number of hydrogen-bond donors (Lipinski definition) is 2. The standard InChI is InChI=1S/C37H63N5O/c1-36(2,3)26-38-18-10-20-40-29-14-15-30(40)23-33(22-29)42(35(43)28-12-8-7-9-13-28)34-24-31-16-17-32(25-34)41(31)21-11-19-39-27-37(4,5)6/h7-9,12-13,29-34,38-39H,10-11,14-27H2,1-6H3. The fourth-order valence-corrected chi connectivity index (χ4v) is 8.73. The van der Waals surface area contributed by atoms with E-state index in [1.54, 1.807) is 0 Å². The number of benzene rings is 1. The highest BCUT2D eigenvalue weighted by Gasteiger charge is 2.48. The average molecular weight is 594 g/mol. The Labute approximate surface area is 263 Å². The summed E-state index contributed by atoms with van der Waals surface area (Å²) in [5, 5.41) is 7.35. The Kier molecular flexibility index (Phi) is 11.0. The molecule has 4 bridgehead atoms. The normalized spacial score (nSPS) is 29.7. The minimum absolute atomic E-state index is 0.286. The van der Waals surface area contributed by atoms with Crippen molar-refractivity contribution >= 4 is 5.91 Å². The molecule has 4 fully saturated rings. The van der Waals surface area contributed by atoms with Crippen LogP contribution in [0.4, 0.5) is 0 Å². The van der Waals surface area contributed by atoms with Crippen LogP contribution in [0.1, 0.15) is 116 Å². The molecule has 4 unspecified atom stereocenters. The molecule has 6 nitrogen and oxygen atoms in total. The second-order valence-electron chi connectivity index (χ2n) is 16.8. The molecule has 43 heavy (non-hydrogen) atoms. The highest BCUT2D eigenvalue weighted by Crippen LogP contribution is 2.43. The van der Waals surface area contributed by atoms with Crippen molar-refractivity contribution in [2.24, 2.45) is 10.8 Å². The molecule has 4 saturated heterocycles. The predicted octanol–water partition coefficient (Wildman–Crippen LogP) is 6.17. The number of carbonyl (C=O) groups is 1. The van der Waals surface area contributed by atoms with Gasteiger partial charge in [-0.1, -0.05) is 59.7 Å².